The summed E-state index contributed by atoms with van der Waals surface area (Å²) in [5.41, 5.74) is 5.71. The van der Waals surface area contributed by atoms with Crippen molar-refractivity contribution in [2.75, 3.05) is 7.11 Å². The minimum absolute atomic E-state index is 0.377. The lowest BCUT2D eigenvalue weighted by atomic mass is 10.0. The van der Waals surface area contributed by atoms with Gasteiger partial charge in [-0.25, -0.2) is 0 Å². The maximum Gasteiger partial charge on any atom is 0.0910 e. The van der Waals surface area contributed by atoms with E-state index in [-0.39, 0.29) is 0 Å². The van der Waals surface area contributed by atoms with Crippen LogP contribution in [0.1, 0.15) is 51.8 Å². The van der Waals surface area contributed by atoms with Crippen LogP contribution in [0, 0.1) is 18.8 Å². The zero-order valence-corrected chi connectivity index (χ0v) is 17.1. The third-order valence-corrected chi connectivity index (χ3v) is 4.68. The van der Waals surface area contributed by atoms with Gasteiger partial charge in [0.05, 0.1) is 24.5 Å². The molecule has 1 fully saturated rings. The van der Waals surface area contributed by atoms with Crippen molar-refractivity contribution in [3.8, 4) is 0 Å². The Bertz CT molecular complexity index is 716. The fourth-order valence-corrected chi connectivity index (χ4v) is 2.87. The summed E-state index contributed by atoms with van der Waals surface area (Å²) in [6.45, 7) is 11.8. The molecule has 0 bridgehead atoms. The minimum Gasteiger partial charge on any atom is -0.378 e. The molecule has 0 amide bonds. The summed E-state index contributed by atoms with van der Waals surface area (Å²) in [6, 6.07) is 0. The Balaban J connectivity index is 2.15. The quantitative estimate of drug-likeness (QED) is 0.448. The number of allylic oxidation sites excluding steroid dienone is 6. The van der Waals surface area contributed by atoms with Crippen molar-refractivity contribution in [2.24, 2.45) is 16.8 Å². The van der Waals surface area contributed by atoms with Crippen LogP contribution in [0.15, 0.2) is 46.8 Å². The smallest absolute Gasteiger partial charge is 0.0910 e. The highest BCUT2D eigenvalue weighted by atomic mass is 16.5. The van der Waals surface area contributed by atoms with Crippen LogP contribution in [0.5, 0.6) is 0 Å². The molecular formula is C22H33N3O. The van der Waals surface area contributed by atoms with Crippen LogP contribution in [0.4, 0.5) is 0 Å². The number of hydrogen-bond acceptors (Lipinski definition) is 3. The standard InChI is InChI=1S/C22H33N3O/c1-7-18(19-9-10-19)11-12-21(16(3)4)23-20(8-2)14-25-13-17(5)22(24-25)15-26-6/h7-8,11-13,16,19H,9-10,14-15H2,1-6H3/b12-11-,18-7+,20-8-,23-21+. The Kier molecular flexibility index (Phi) is 7.58. The zero-order valence-electron chi connectivity index (χ0n) is 17.1. The van der Waals surface area contributed by atoms with E-state index in [0.29, 0.717) is 19.1 Å². The highest BCUT2D eigenvalue weighted by Crippen LogP contribution is 2.37. The molecule has 2 rings (SSSR count). The number of methoxy groups -OCH3 is 1. The first-order valence-electron chi connectivity index (χ1n) is 9.58. The molecule has 0 atom stereocenters. The van der Waals surface area contributed by atoms with Gasteiger partial charge in [-0.1, -0.05) is 32.1 Å². The average Bonchev–Trinajstić information content (AvgIpc) is 3.38. The van der Waals surface area contributed by atoms with E-state index in [1.54, 1.807) is 7.11 Å². The van der Waals surface area contributed by atoms with Gasteiger partial charge < -0.3 is 4.74 Å². The molecule has 0 saturated heterocycles. The molecular weight excluding hydrogens is 322 g/mol. The van der Waals surface area contributed by atoms with Crippen LogP contribution in [-0.2, 0) is 17.9 Å². The van der Waals surface area contributed by atoms with Crippen LogP contribution in [0.3, 0.4) is 0 Å². The van der Waals surface area contributed by atoms with Crippen LogP contribution >= 0.6 is 0 Å². The summed E-state index contributed by atoms with van der Waals surface area (Å²) in [5.74, 6) is 1.14. The summed E-state index contributed by atoms with van der Waals surface area (Å²) in [7, 11) is 1.70. The number of rotatable bonds is 9. The molecule has 1 heterocycles. The number of ether oxygens (including phenoxy) is 1. The van der Waals surface area contributed by atoms with Crippen molar-refractivity contribution >= 4 is 5.71 Å². The van der Waals surface area contributed by atoms with Gasteiger partial charge >= 0.3 is 0 Å². The lowest BCUT2D eigenvalue weighted by molar-refractivity contribution is 0.180. The Morgan fingerprint density at radius 3 is 2.58 bits per heavy atom. The first-order chi connectivity index (χ1) is 12.5. The van der Waals surface area contributed by atoms with Crippen LogP contribution in [0.25, 0.3) is 0 Å². The summed E-state index contributed by atoms with van der Waals surface area (Å²) in [4.78, 5) is 4.93. The van der Waals surface area contributed by atoms with Gasteiger partial charge in [0.25, 0.3) is 0 Å². The lowest BCUT2D eigenvalue weighted by Crippen LogP contribution is -2.08. The maximum atomic E-state index is 5.21. The van der Waals surface area contributed by atoms with Crippen molar-refractivity contribution in [3.05, 3.63) is 53.0 Å². The first-order valence-corrected chi connectivity index (χ1v) is 9.58. The number of nitrogens with zero attached hydrogens (tertiary/aromatic N) is 3. The third-order valence-electron chi connectivity index (χ3n) is 4.68. The molecule has 0 radical (unpaired) electrons. The summed E-state index contributed by atoms with van der Waals surface area (Å²) < 4.78 is 7.16. The summed E-state index contributed by atoms with van der Waals surface area (Å²) >= 11 is 0. The van der Waals surface area contributed by atoms with Crippen LogP contribution in [-0.4, -0.2) is 22.6 Å². The van der Waals surface area contributed by atoms with Crippen molar-refractivity contribution in [3.63, 3.8) is 0 Å². The van der Waals surface area contributed by atoms with Crippen molar-refractivity contribution in [1.82, 2.24) is 9.78 Å². The van der Waals surface area contributed by atoms with E-state index in [2.05, 4.69) is 63.3 Å². The minimum atomic E-state index is 0.377. The zero-order chi connectivity index (χ0) is 19.1. The molecule has 4 heteroatoms. The first kappa shape index (κ1) is 20.4. The van der Waals surface area contributed by atoms with E-state index in [1.165, 1.54) is 18.4 Å². The van der Waals surface area contributed by atoms with Crippen molar-refractivity contribution < 1.29 is 4.74 Å². The van der Waals surface area contributed by atoms with Crippen LogP contribution < -0.4 is 0 Å². The molecule has 4 nitrogen and oxygen atoms in total. The Labute approximate surface area is 158 Å². The van der Waals surface area contributed by atoms with Crippen molar-refractivity contribution in [2.45, 2.75) is 60.6 Å². The molecule has 1 aliphatic rings. The fourth-order valence-electron chi connectivity index (χ4n) is 2.87. The van der Waals surface area contributed by atoms with Gasteiger partial charge in [-0.15, -0.1) is 0 Å². The highest BCUT2D eigenvalue weighted by molar-refractivity contribution is 5.97. The van der Waals surface area contributed by atoms with Gasteiger partial charge in [-0.2, -0.15) is 5.10 Å². The Morgan fingerprint density at radius 1 is 1.31 bits per heavy atom. The highest BCUT2D eigenvalue weighted by Gasteiger charge is 2.23. The van der Waals surface area contributed by atoms with E-state index in [9.17, 15) is 0 Å². The summed E-state index contributed by atoms with van der Waals surface area (Å²) in [5, 5.41) is 4.61. The number of aliphatic imine (C=N–C) groups is 1. The SMILES string of the molecule is C\C=C(Cn1cc(C)c(COC)n1)/N=C(\C=C/C(=C\C)C1CC1)C(C)C. The molecule has 0 aromatic carbocycles. The Hall–Kier alpha value is -1.94. The van der Waals surface area contributed by atoms with E-state index in [0.717, 1.165) is 28.6 Å². The van der Waals surface area contributed by atoms with E-state index in [4.69, 9.17) is 9.73 Å². The van der Waals surface area contributed by atoms with Crippen LogP contribution in [0.2, 0.25) is 0 Å². The van der Waals surface area contributed by atoms with Gasteiger partial charge in [-0.05, 0) is 62.7 Å². The van der Waals surface area contributed by atoms with Gasteiger partial charge in [0.1, 0.15) is 0 Å². The second-order valence-electron chi connectivity index (χ2n) is 7.26. The molecule has 0 unspecified atom stereocenters. The molecule has 26 heavy (non-hydrogen) atoms. The van der Waals surface area contributed by atoms with Crippen molar-refractivity contribution in [1.29, 1.82) is 0 Å². The molecule has 1 aliphatic carbocycles. The average molecular weight is 356 g/mol. The summed E-state index contributed by atoms with van der Waals surface area (Å²) in [6.07, 6.45) is 13.4. The molecule has 0 N–H and O–H groups in total. The lowest BCUT2D eigenvalue weighted by Gasteiger charge is -2.09. The van der Waals surface area contributed by atoms with Gasteiger partial charge in [-0.3, -0.25) is 9.67 Å². The molecule has 1 aromatic heterocycles. The van der Waals surface area contributed by atoms with E-state index >= 15 is 0 Å². The second kappa shape index (κ2) is 9.67. The van der Waals surface area contributed by atoms with Gasteiger partial charge in [0.15, 0.2) is 0 Å². The molecule has 0 spiro atoms. The van der Waals surface area contributed by atoms with E-state index < -0.39 is 0 Å². The number of aromatic nitrogens is 2. The topological polar surface area (TPSA) is 39.4 Å². The number of aryl methyl sites for hydroxylation is 1. The third kappa shape index (κ3) is 5.80. The van der Waals surface area contributed by atoms with E-state index in [1.807, 2.05) is 11.6 Å². The van der Waals surface area contributed by atoms with Gasteiger partial charge in [0.2, 0.25) is 0 Å². The molecule has 1 aromatic rings. The normalized spacial score (nSPS) is 17.0. The largest absolute Gasteiger partial charge is 0.378 e. The fraction of sp³-hybridized carbons (Fsp3) is 0.545. The Morgan fingerprint density at radius 2 is 2.04 bits per heavy atom. The van der Waals surface area contributed by atoms with Gasteiger partial charge in [0, 0.05) is 19.0 Å². The number of hydrogen-bond donors (Lipinski definition) is 0. The monoisotopic (exact) mass is 355 g/mol. The molecule has 0 aliphatic heterocycles. The predicted molar refractivity (Wildman–Crippen MR) is 109 cm³/mol. The predicted octanol–water partition coefficient (Wildman–Crippen LogP) is 5.25. The second-order valence-corrected chi connectivity index (χ2v) is 7.26. The molecule has 1 saturated carbocycles. The maximum absolute atomic E-state index is 5.21. The molecule has 142 valence electrons.